The van der Waals surface area contributed by atoms with Crippen molar-refractivity contribution in [2.75, 3.05) is 0 Å². The number of thiophene rings is 1. The van der Waals surface area contributed by atoms with Gasteiger partial charge in [-0.2, -0.15) is 11.3 Å². The van der Waals surface area contributed by atoms with Gasteiger partial charge >= 0.3 is 0 Å². The molecule has 1 aromatic rings. The van der Waals surface area contributed by atoms with Gasteiger partial charge in [-0.3, -0.25) is 0 Å². The molecule has 0 radical (unpaired) electrons. The molecule has 2 atom stereocenters. The molecule has 1 heterocycles. The van der Waals surface area contributed by atoms with E-state index in [1.807, 2.05) is 0 Å². The van der Waals surface area contributed by atoms with Crippen LogP contribution in [0.5, 0.6) is 0 Å². The lowest BCUT2D eigenvalue weighted by Crippen LogP contribution is -1.97. The largest absolute Gasteiger partial charge is 0.152 e. The number of alkyl halides is 1. The first-order chi connectivity index (χ1) is 5.17. The molecule has 1 aliphatic carbocycles. The molecule has 0 amide bonds. The highest BCUT2D eigenvalue weighted by Gasteiger charge is 2.59. The van der Waals surface area contributed by atoms with E-state index in [4.69, 9.17) is 11.6 Å². The van der Waals surface area contributed by atoms with Crippen LogP contribution in [0.1, 0.15) is 19.4 Å². The van der Waals surface area contributed by atoms with Crippen molar-refractivity contribution in [1.82, 2.24) is 0 Å². The van der Waals surface area contributed by atoms with Gasteiger partial charge in [0, 0.05) is 0 Å². The van der Waals surface area contributed by atoms with Crippen LogP contribution in [0.15, 0.2) is 16.8 Å². The normalized spacial score (nSPS) is 42.5. The van der Waals surface area contributed by atoms with Crippen molar-refractivity contribution in [3.05, 3.63) is 22.4 Å². The molecule has 11 heavy (non-hydrogen) atoms. The van der Waals surface area contributed by atoms with Crippen LogP contribution in [0, 0.1) is 11.8 Å². The fourth-order valence-electron chi connectivity index (χ4n) is 1.73. The van der Waals surface area contributed by atoms with Gasteiger partial charge in [-0.15, -0.1) is 11.6 Å². The number of hydrogen-bond acceptors (Lipinski definition) is 1. The highest BCUT2D eigenvalue weighted by Crippen LogP contribution is 2.62. The van der Waals surface area contributed by atoms with E-state index in [1.54, 1.807) is 11.3 Å². The monoisotopic (exact) mass is 186 g/mol. The number of halogens is 1. The molecule has 0 nitrogen and oxygen atoms in total. The number of hydrogen-bond donors (Lipinski definition) is 0. The molecule has 0 aromatic carbocycles. The first-order valence-electron chi connectivity index (χ1n) is 3.89. The summed E-state index contributed by atoms with van der Waals surface area (Å²) in [6, 6.07) is 2.14. The van der Waals surface area contributed by atoms with Crippen molar-refractivity contribution in [2.24, 2.45) is 11.8 Å². The average molecular weight is 187 g/mol. The van der Waals surface area contributed by atoms with Gasteiger partial charge in [-0.1, -0.05) is 13.8 Å². The average Bonchev–Trinajstić information content (AvgIpc) is 2.52. The lowest BCUT2D eigenvalue weighted by Gasteiger charge is -2.03. The van der Waals surface area contributed by atoms with Crippen LogP contribution in [0.2, 0.25) is 0 Å². The molecule has 1 saturated carbocycles. The SMILES string of the molecule is C[C@H]1[C@H](C)C1(Cl)c1ccsc1. The Morgan fingerprint density at radius 3 is 2.45 bits per heavy atom. The van der Waals surface area contributed by atoms with E-state index < -0.39 is 0 Å². The molecule has 60 valence electrons. The third kappa shape index (κ3) is 0.875. The maximum atomic E-state index is 6.42. The van der Waals surface area contributed by atoms with Crippen LogP contribution in [0.3, 0.4) is 0 Å². The molecule has 1 aromatic heterocycles. The lowest BCUT2D eigenvalue weighted by molar-refractivity contribution is 0.834. The van der Waals surface area contributed by atoms with Crippen molar-refractivity contribution < 1.29 is 0 Å². The summed E-state index contributed by atoms with van der Waals surface area (Å²) in [4.78, 5) is -0.0278. The standard InChI is InChI=1S/C9H11ClS/c1-6-7(2)9(6,10)8-3-4-11-5-8/h3-7H,1-2H3/t6-,7-/m0/s1. The van der Waals surface area contributed by atoms with Gasteiger partial charge in [0.1, 0.15) is 0 Å². The van der Waals surface area contributed by atoms with Gasteiger partial charge < -0.3 is 0 Å². The van der Waals surface area contributed by atoms with E-state index in [0.29, 0.717) is 11.8 Å². The summed E-state index contributed by atoms with van der Waals surface area (Å²) in [5, 5.41) is 4.25. The van der Waals surface area contributed by atoms with Crippen LogP contribution in [0.4, 0.5) is 0 Å². The highest BCUT2D eigenvalue weighted by molar-refractivity contribution is 7.08. The molecule has 0 bridgehead atoms. The summed E-state index contributed by atoms with van der Waals surface area (Å²) in [5.41, 5.74) is 1.31. The summed E-state index contributed by atoms with van der Waals surface area (Å²) >= 11 is 8.14. The Hall–Kier alpha value is -0.0100. The van der Waals surface area contributed by atoms with Crippen LogP contribution >= 0.6 is 22.9 Å². The van der Waals surface area contributed by atoms with Crippen molar-refractivity contribution in [1.29, 1.82) is 0 Å². The van der Waals surface area contributed by atoms with Gasteiger partial charge in [0.2, 0.25) is 0 Å². The third-order valence-electron chi connectivity index (χ3n) is 2.93. The first kappa shape index (κ1) is 7.63. The smallest absolute Gasteiger partial charge is 0.0760 e. The quantitative estimate of drug-likeness (QED) is 0.590. The summed E-state index contributed by atoms with van der Waals surface area (Å²) in [6.45, 7) is 4.44. The molecule has 0 saturated heterocycles. The highest BCUT2D eigenvalue weighted by atomic mass is 35.5. The van der Waals surface area contributed by atoms with E-state index in [1.165, 1.54) is 5.56 Å². The predicted octanol–water partition coefficient (Wildman–Crippen LogP) is 3.47. The Morgan fingerprint density at radius 2 is 2.09 bits per heavy atom. The summed E-state index contributed by atoms with van der Waals surface area (Å²) < 4.78 is 0. The lowest BCUT2D eigenvalue weighted by atomic mass is 10.2. The summed E-state index contributed by atoms with van der Waals surface area (Å²) in [7, 11) is 0. The van der Waals surface area contributed by atoms with Crippen molar-refractivity contribution in [3.8, 4) is 0 Å². The van der Waals surface area contributed by atoms with Crippen LogP contribution < -0.4 is 0 Å². The molecule has 1 fully saturated rings. The Bertz CT molecular complexity index is 245. The molecular weight excluding hydrogens is 176 g/mol. The summed E-state index contributed by atoms with van der Waals surface area (Å²) in [6.07, 6.45) is 0. The van der Waals surface area contributed by atoms with Crippen molar-refractivity contribution in [3.63, 3.8) is 0 Å². The molecular formula is C9H11ClS. The Balaban J connectivity index is 2.32. The zero-order valence-electron chi connectivity index (χ0n) is 6.67. The van der Waals surface area contributed by atoms with Gasteiger partial charge in [-0.05, 0) is 34.2 Å². The van der Waals surface area contributed by atoms with E-state index in [0.717, 1.165) is 0 Å². The minimum atomic E-state index is -0.0278. The van der Waals surface area contributed by atoms with Crippen molar-refractivity contribution in [2.45, 2.75) is 18.7 Å². The van der Waals surface area contributed by atoms with Gasteiger partial charge in [-0.25, -0.2) is 0 Å². The predicted molar refractivity (Wildman–Crippen MR) is 50.2 cm³/mol. The molecule has 0 N–H and O–H groups in total. The fraction of sp³-hybridized carbons (Fsp3) is 0.556. The second-order valence-corrected chi connectivity index (χ2v) is 4.76. The minimum absolute atomic E-state index is 0.0278. The maximum absolute atomic E-state index is 6.42. The van der Waals surface area contributed by atoms with Crippen LogP contribution in [-0.4, -0.2) is 0 Å². The molecule has 0 spiro atoms. The topological polar surface area (TPSA) is 0 Å². The van der Waals surface area contributed by atoms with E-state index >= 15 is 0 Å². The zero-order valence-corrected chi connectivity index (χ0v) is 8.25. The maximum Gasteiger partial charge on any atom is 0.0760 e. The van der Waals surface area contributed by atoms with Gasteiger partial charge in [0.05, 0.1) is 4.87 Å². The summed E-state index contributed by atoms with van der Waals surface area (Å²) in [5.74, 6) is 1.28. The van der Waals surface area contributed by atoms with Gasteiger partial charge in [0.25, 0.3) is 0 Å². The molecule has 1 aliphatic rings. The van der Waals surface area contributed by atoms with Crippen molar-refractivity contribution >= 4 is 22.9 Å². The number of rotatable bonds is 1. The molecule has 2 rings (SSSR count). The first-order valence-corrected chi connectivity index (χ1v) is 5.21. The zero-order chi connectivity index (χ0) is 8.06. The van der Waals surface area contributed by atoms with E-state index in [-0.39, 0.29) is 4.87 Å². The van der Waals surface area contributed by atoms with Gasteiger partial charge in [0.15, 0.2) is 0 Å². The fourth-order valence-corrected chi connectivity index (χ4v) is 2.95. The minimum Gasteiger partial charge on any atom is -0.152 e. The van der Waals surface area contributed by atoms with E-state index in [2.05, 4.69) is 30.7 Å². The second-order valence-electron chi connectivity index (χ2n) is 3.36. The van der Waals surface area contributed by atoms with Crippen LogP contribution in [0.25, 0.3) is 0 Å². The molecule has 2 heteroatoms. The third-order valence-corrected chi connectivity index (χ3v) is 4.52. The second kappa shape index (κ2) is 2.24. The Labute approximate surface area is 76.2 Å². The molecule has 0 unspecified atom stereocenters. The Morgan fingerprint density at radius 1 is 1.45 bits per heavy atom. The van der Waals surface area contributed by atoms with E-state index in [9.17, 15) is 0 Å². The molecule has 0 aliphatic heterocycles. The van der Waals surface area contributed by atoms with Crippen LogP contribution in [-0.2, 0) is 4.87 Å². The Kier molecular flexibility index (Phi) is 1.55.